The Bertz CT molecular complexity index is 4280. The van der Waals surface area contributed by atoms with Crippen molar-refractivity contribution in [2.75, 3.05) is 53.8 Å². The maximum absolute atomic E-state index is 5.14. The Balaban J connectivity index is 0.971. The topological polar surface area (TPSA) is 16.0 Å². The molecule has 0 bridgehead atoms. The van der Waals surface area contributed by atoms with Gasteiger partial charge in [0.1, 0.15) is 18.7 Å². The minimum absolute atomic E-state index is 0.415. The molecular weight excluding hydrogens is 1050 g/mol. The largest absolute Gasteiger partial charge is 0.329 e. The van der Waals surface area contributed by atoms with Crippen LogP contribution in [0.5, 0.6) is 0 Å². The van der Waals surface area contributed by atoms with Crippen LogP contribution in [0.15, 0.2) is 291 Å². The molecule has 0 spiro atoms. The maximum atomic E-state index is 5.14. The summed E-state index contributed by atoms with van der Waals surface area (Å²) in [5.74, 6) is 2.32. The predicted octanol–water partition coefficient (Wildman–Crippen LogP) is 18.4. The second kappa shape index (κ2) is 24.0. The number of hydrogen-bond donors (Lipinski definition) is 0. The molecule has 0 aliphatic carbocycles. The van der Waals surface area contributed by atoms with Crippen molar-refractivity contribution in [3.63, 3.8) is 0 Å². The molecular formula is C82H78N5+. The Hall–Kier alpha value is -9.71. The summed E-state index contributed by atoms with van der Waals surface area (Å²) in [6.45, 7) is 13.7. The number of nitrogens with zero attached hydrogens (tertiary/aromatic N) is 5. The number of anilines is 4. The molecule has 10 aromatic carbocycles. The molecule has 0 amide bonds. The van der Waals surface area contributed by atoms with Gasteiger partial charge in [-0.25, -0.2) is 0 Å². The first-order chi connectivity index (χ1) is 42.6. The molecule has 5 heteroatoms. The molecule has 5 nitrogen and oxygen atoms in total. The summed E-state index contributed by atoms with van der Waals surface area (Å²) >= 11 is 0. The standard InChI is InChI=1S/C82H78N5/c1-8-86-73-47-28-26-45-71(73)84(6)77(86)50-30-32-60(4)81(55-61-33-14-10-15-34-61,56-62-35-16-11-17-36-62)79-59(3)52-65(67-41-22-24-43-69(67)79)53-66-54-75-80(70-44-25-23-42-68(66)70)82(57-63-37-18-12-19-38-63,58-64-39-20-13-21-40-64)76(83(75)5)49-31-51-78-85(7)72-46-27-29-48-74(72)87(78)9-2/h10-52,54H,4,8-9,53,55-58H2,1-3,5-7H3/q+1/b32-30+,77-50-. The van der Waals surface area contributed by atoms with Gasteiger partial charge in [0, 0.05) is 50.3 Å². The van der Waals surface area contributed by atoms with Crippen molar-refractivity contribution < 1.29 is 4.58 Å². The van der Waals surface area contributed by atoms with Crippen LogP contribution in [-0.4, -0.2) is 44.5 Å². The van der Waals surface area contributed by atoms with E-state index in [0.29, 0.717) is 0 Å². The highest BCUT2D eigenvalue weighted by Gasteiger charge is 2.52. The Labute approximate surface area is 515 Å². The van der Waals surface area contributed by atoms with Gasteiger partial charge in [0.15, 0.2) is 5.71 Å². The lowest BCUT2D eigenvalue weighted by atomic mass is 9.64. The van der Waals surface area contributed by atoms with Gasteiger partial charge in [-0.05, 0) is 161 Å². The van der Waals surface area contributed by atoms with Crippen LogP contribution in [0.1, 0.15) is 63.9 Å². The van der Waals surface area contributed by atoms with Gasteiger partial charge < -0.3 is 19.6 Å². The smallest absolute Gasteiger partial charge is 0.210 e. The minimum atomic E-state index is -0.527. The SMILES string of the molecule is C=C(/C=C/C=C1/N(C)c2ccccc2N1CC)C(Cc1ccccc1)(Cc1ccccc1)c1c(C)cc(Cc2cc3c(c4ccccc24)C(Cc2ccccc2)(Cc2ccccc2)C(/C=C/C=C2/N(C)c4ccccc4N2CC)=[N+]3C)c2ccccc12. The molecule has 0 N–H and O–H groups in total. The van der Waals surface area contributed by atoms with Crippen LogP contribution in [0.3, 0.4) is 0 Å². The van der Waals surface area contributed by atoms with Crippen LogP contribution in [0, 0.1) is 6.92 Å². The van der Waals surface area contributed by atoms with E-state index < -0.39 is 10.8 Å². The van der Waals surface area contributed by atoms with Gasteiger partial charge in [-0.2, -0.15) is 4.58 Å². The lowest BCUT2D eigenvalue weighted by Gasteiger charge is -2.39. The average molecular weight is 1130 g/mol. The summed E-state index contributed by atoms with van der Waals surface area (Å²) in [5.41, 5.74) is 19.4. The first-order valence-electron chi connectivity index (χ1n) is 31.1. The number of allylic oxidation sites excluding steroid dienone is 7. The summed E-state index contributed by atoms with van der Waals surface area (Å²) in [4.78, 5) is 9.45. The van der Waals surface area contributed by atoms with E-state index in [4.69, 9.17) is 6.58 Å². The molecule has 0 aromatic heterocycles. The summed E-state index contributed by atoms with van der Waals surface area (Å²) in [7, 11) is 6.68. The van der Waals surface area contributed by atoms with E-state index in [-0.39, 0.29) is 0 Å². The van der Waals surface area contributed by atoms with Crippen molar-refractivity contribution >= 4 is 55.7 Å². The van der Waals surface area contributed by atoms with Crippen molar-refractivity contribution in [2.45, 2.75) is 63.7 Å². The molecule has 0 atom stereocenters. The predicted molar refractivity (Wildman–Crippen MR) is 370 cm³/mol. The third kappa shape index (κ3) is 10.3. The van der Waals surface area contributed by atoms with Gasteiger partial charge in [-0.15, -0.1) is 0 Å². The number of hydrogen-bond acceptors (Lipinski definition) is 4. The molecule has 0 saturated heterocycles. The van der Waals surface area contributed by atoms with Gasteiger partial charge in [0.25, 0.3) is 0 Å². The highest BCUT2D eigenvalue weighted by molar-refractivity contribution is 6.09. The maximum Gasteiger partial charge on any atom is 0.210 e. The molecule has 0 saturated carbocycles. The second-order valence-electron chi connectivity index (χ2n) is 24.1. The van der Waals surface area contributed by atoms with Crippen LogP contribution >= 0.6 is 0 Å². The Morgan fingerprint density at radius 2 is 0.908 bits per heavy atom. The molecule has 0 radical (unpaired) electrons. The second-order valence-corrected chi connectivity index (χ2v) is 24.1. The van der Waals surface area contributed by atoms with Gasteiger partial charge >= 0.3 is 0 Å². The van der Waals surface area contributed by atoms with Crippen LogP contribution in [0.2, 0.25) is 0 Å². The summed E-state index contributed by atoms with van der Waals surface area (Å²) in [5, 5.41) is 5.15. The quantitative estimate of drug-likeness (QED) is 0.0628. The van der Waals surface area contributed by atoms with Crippen LogP contribution in [-0.2, 0) is 42.9 Å². The van der Waals surface area contributed by atoms with Crippen molar-refractivity contribution in [1.29, 1.82) is 0 Å². The van der Waals surface area contributed by atoms with Crippen molar-refractivity contribution in [1.82, 2.24) is 0 Å². The molecule has 0 unspecified atom stereocenters. The van der Waals surface area contributed by atoms with Gasteiger partial charge in [0.2, 0.25) is 5.69 Å². The number of rotatable bonds is 18. The number of fused-ring (bicyclic) bond motifs is 6. The first-order valence-corrected chi connectivity index (χ1v) is 31.1. The Morgan fingerprint density at radius 1 is 0.494 bits per heavy atom. The van der Waals surface area contributed by atoms with Gasteiger partial charge in [-0.1, -0.05) is 225 Å². The van der Waals surface area contributed by atoms with E-state index in [1.165, 1.54) is 112 Å². The zero-order valence-corrected chi connectivity index (χ0v) is 51.3. The highest BCUT2D eigenvalue weighted by atomic mass is 15.4. The fourth-order valence-corrected chi connectivity index (χ4v) is 15.1. The van der Waals surface area contributed by atoms with E-state index in [2.05, 4.69) is 333 Å². The van der Waals surface area contributed by atoms with E-state index >= 15 is 0 Å². The zero-order chi connectivity index (χ0) is 59.7. The molecule has 0 fully saturated rings. The van der Waals surface area contributed by atoms with Gasteiger partial charge in [0.05, 0.1) is 28.2 Å². The lowest BCUT2D eigenvalue weighted by molar-refractivity contribution is -0.401. The summed E-state index contributed by atoms with van der Waals surface area (Å²) in [6.07, 6.45) is 17.9. The lowest BCUT2D eigenvalue weighted by Crippen LogP contribution is -2.39. The monoisotopic (exact) mass is 1130 g/mol. The van der Waals surface area contributed by atoms with Gasteiger partial charge in [-0.3, -0.25) is 0 Å². The van der Waals surface area contributed by atoms with Crippen molar-refractivity contribution in [2.24, 2.45) is 0 Å². The molecule has 3 heterocycles. The normalized spacial score (nSPS) is 15.5. The van der Waals surface area contributed by atoms with E-state index in [0.717, 1.165) is 56.6 Å². The van der Waals surface area contributed by atoms with Crippen LogP contribution in [0.25, 0.3) is 21.5 Å². The Morgan fingerprint density at radius 3 is 1.41 bits per heavy atom. The first kappa shape index (κ1) is 56.4. The summed E-state index contributed by atoms with van der Waals surface area (Å²) < 4.78 is 2.53. The summed E-state index contributed by atoms with van der Waals surface area (Å²) in [6, 6.07) is 85.5. The number of benzene rings is 10. The number of para-hydroxylation sites is 4. The average Bonchev–Trinajstić information content (AvgIpc) is 1.64. The third-order valence-corrected chi connectivity index (χ3v) is 19.0. The molecule has 87 heavy (non-hydrogen) atoms. The fourth-order valence-electron chi connectivity index (χ4n) is 15.1. The van der Waals surface area contributed by atoms with Crippen LogP contribution < -0.4 is 19.6 Å². The minimum Gasteiger partial charge on any atom is -0.329 e. The number of aryl methyl sites for hydroxylation is 1. The molecule has 430 valence electrons. The fraction of sp³-hybridized carbons (Fsp3) is 0.183. The molecule has 3 aliphatic rings. The van der Waals surface area contributed by atoms with Crippen molar-refractivity contribution in [3.8, 4) is 0 Å². The van der Waals surface area contributed by atoms with E-state index in [9.17, 15) is 0 Å². The molecule has 10 aromatic rings. The zero-order valence-electron chi connectivity index (χ0n) is 51.3. The third-order valence-electron chi connectivity index (χ3n) is 19.0. The highest BCUT2D eigenvalue weighted by Crippen LogP contribution is 2.51. The van der Waals surface area contributed by atoms with Crippen LogP contribution in [0.4, 0.5) is 28.4 Å². The van der Waals surface area contributed by atoms with E-state index in [1.807, 2.05) is 0 Å². The molecule has 3 aliphatic heterocycles. The Kier molecular flexibility index (Phi) is 15.6. The molecule has 13 rings (SSSR count). The van der Waals surface area contributed by atoms with E-state index in [1.54, 1.807) is 0 Å². The van der Waals surface area contributed by atoms with Crippen molar-refractivity contribution in [3.05, 3.63) is 341 Å².